The Morgan fingerprint density at radius 1 is 0.926 bits per heavy atom. The van der Waals surface area contributed by atoms with Crippen LogP contribution in [0.15, 0.2) is 67.0 Å². The predicted octanol–water partition coefficient (Wildman–Crippen LogP) is 4.88. The number of rotatable bonds is 7. The zero-order chi connectivity index (χ0) is 19.1. The third-order valence-electron chi connectivity index (χ3n) is 4.56. The monoisotopic (exact) mass is 359 g/mol. The van der Waals surface area contributed by atoms with Crippen LogP contribution in [0.1, 0.15) is 40.9 Å². The molecule has 0 unspecified atom stereocenters. The van der Waals surface area contributed by atoms with Gasteiger partial charge in [-0.05, 0) is 35.6 Å². The van der Waals surface area contributed by atoms with Crippen LogP contribution in [0.3, 0.4) is 0 Å². The highest BCUT2D eigenvalue weighted by Gasteiger charge is 2.10. The highest BCUT2D eigenvalue weighted by atomic mass is 16.1. The van der Waals surface area contributed by atoms with E-state index in [1.54, 1.807) is 12.4 Å². The average molecular weight is 359 g/mol. The normalized spacial score (nSPS) is 10.4. The van der Waals surface area contributed by atoms with Crippen LogP contribution in [0.25, 0.3) is 0 Å². The molecular weight excluding hydrogens is 334 g/mol. The topological polar surface area (TPSA) is 54.0 Å². The summed E-state index contributed by atoms with van der Waals surface area (Å²) in [6.07, 6.45) is 5.24. The molecule has 1 aromatic heterocycles. The minimum Gasteiger partial charge on any atom is -0.354 e. The van der Waals surface area contributed by atoms with E-state index in [0.717, 1.165) is 29.8 Å². The van der Waals surface area contributed by atoms with Crippen LogP contribution >= 0.6 is 0 Å². The van der Waals surface area contributed by atoms with E-state index in [2.05, 4.69) is 47.7 Å². The van der Waals surface area contributed by atoms with Gasteiger partial charge in [0.05, 0.1) is 17.4 Å². The lowest BCUT2D eigenvalue weighted by atomic mass is 10.0. The molecule has 4 heteroatoms. The molecular formula is C23H25N3O. The van der Waals surface area contributed by atoms with Gasteiger partial charge in [-0.3, -0.25) is 9.78 Å². The van der Waals surface area contributed by atoms with Crippen molar-refractivity contribution in [2.24, 2.45) is 0 Å². The van der Waals surface area contributed by atoms with Gasteiger partial charge >= 0.3 is 0 Å². The molecule has 0 spiro atoms. The van der Waals surface area contributed by atoms with E-state index in [0.29, 0.717) is 12.1 Å². The number of hydrogen-bond donors (Lipinski definition) is 2. The van der Waals surface area contributed by atoms with Crippen molar-refractivity contribution in [1.29, 1.82) is 0 Å². The number of nitrogens with zero attached hydrogens (tertiary/aromatic N) is 1. The molecule has 3 rings (SSSR count). The Labute approximate surface area is 160 Å². The molecule has 0 saturated heterocycles. The fraction of sp³-hybridized carbons (Fsp3) is 0.217. The second kappa shape index (κ2) is 8.99. The van der Waals surface area contributed by atoms with Crippen molar-refractivity contribution in [3.63, 3.8) is 0 Å². The van der Waals surface area contributed by atoms with Crippen LogP contribution in [0, 0.1) is 0 Å². The van der Waals surface area contributed by atoms with Crippen LogP contribution in [-0.4, -0.2) is 10.9 Å². The third kappa shape index (κ3) is 4.73. The van der Waals surface area contributed by atoms with Gasteiger partial charge in [-0.15, -0.1) is 0 Å². The summed E-state index contributed by atoms with van der Waals surface area (Å²) in [5, 5.41) is 6.41. The van der Waals surface area contributed by atoms with Crippen molar-refractivity contribution in [2.45, 2.75) is 33.2 Å². The Bertz CT molecular complexity index is 884. The van der Waals surface area contributed by atoms with E-state index in [1.807, 2.05) is 36.4 Å². The van der Waals surface area contributed by atoms with Gasteiger partial charge in [-0.25, -0.2) is 0 Å². The molecule has 3 aromatic rings. The molecule has 1 heterocycles. The highest BCUT2D eigenvalue weighted by molar-refractivity contribution is 5.94. The van der Waals surface area contributed by atoms with Gasteiger partial charge in [0.2, 0.25) is 0 Å². The van der Waals surface area contributed by atoms with Gasteiger partial charge in [-0.1, -0.05) is 62.4 Å². The molecule has 0 atom stereocenters. The summed E-state index contributed by atoms with van der Waals surface area (Å²) in [5.41, 5.74) is 6.06. The minimum atomic E-state index is -0.130. The van der Waals surface area contributed by atoms with E-state index in [4.69, 9.17) is 0 Å². The maximum absolute atomic E-state index is 12.5. The molecule has 27 heavy (non-hydrogen) atoms. The van der Waals surface area contributed by atoms with Gasteiger partial charge in [0.15, 0.2) is 0 Å². The maximum Gasteiger partial charge on any atom is 0.253 e. The van der Waals surface area contributed by atoms with E-state index >= 15 is 0 Å². The van der Waals surface area contributed by atoms with E-state index in [-0.39, 0.29) is 5.91 Å². The highest BCUT2D eigenvalue weighted by Crippen LogP contribution is 2.26. The Hall–Kier alpha value is -3.14. The number of benzene rings is 2. The molecule has 0 radical (unpaired) electrons. The van der Waals surface area contributed by atoms with Crippen molar-refractivity contribution in [3.05, 3.63) is 89.2 Å². The smallest absolute Gasteiger partial charge is 0.253 e. The van der Waals surface area contributed by atoms with Crippen molar-refractivity contribution >= 4 is 17.3 Å². The van der Waals surface area contributed by atoms with Crippen LogP contribution in [-0.2, 0) is 19.4 Å². The zero-order valence-corrected chi connectivity index (χ0v) is 15.8. The Morgan fingerprint density at radius 2 is 1.63 bits per heavy atom. The second-order valence-electron chi connectivity index (χ2n) is 6.41. The Balaban J connectivity index is 1.75. The van der Waals surface area contributed by atoms with Gasteiger partial charge in [0, 0.05) is 18.4 Å². The van der Waals surface area contributed by atoms with Gasteiger partial charge in [0.1, 0.15) is 0 Å². The zero-order valence-electron chi connectivity index (χ0n) is 15.8. The number of amides is 1. The number of carbonyl (C=O) groups excluding carboxylic acids is 1. The first-order chi connectivity index (χ1) is 13.2. The molecule has 0 aliphatic carbocycles. The standard InChI is InChI=1S/C23H25N3O/c1-3-18-11-8-12-19(4-2)22(18)26-21-13-20(15-24-16-21)23(27)25-14-17-9-6-5-7-10-17/h5-13,15-16,26H,3-4,14H2,1-2H3,(H,25,27). The van der Waals surface area contributed by atoms with Crippen LogP contribution in [0.2, 0.25) is 0 Å². The van der Waals surface area contributed by atoms with Crippen LogP contribution in [0.4, 0.5) is 11.4 Å². The average Bonchev–Trinajstić information content (AvgIpc) is 2.73. The maximum atomic E-state index is 12.5. The van der Waals surface area contributed by atoms with Crippen molar-refractivity contribution in [2.75, 3.05) is 5.32 Å². The fourth-order valence-corrected chi connectivity index (χ4v) is 3.06. The molecule has 4 nitrogen and oxygen atoms in total. The van der Waals surface area contributed by atoms with Crippen LogP contribution in [0.5, 0.6) is 0 Å². The minimum absolute atomic E-state index is 0.130. The molecule has 0 saturated carbocycles. The fourth-order valence-electron chi connectivity index (χ4n) is 3.06. The summed E-state index contributed by atoms with van der Waals surface area (Å²) in [4.78, 5) is 16.7. The van der Waals surface area contributed by atoms with Crippen molar-refractivity contribution in [3.8, 4) is 0 Å². The first-order valence-electron chi connectivity index (χ1n) is 9.36. The predicted molar refractivity (Wildman–Crippen MR) is 110 cm³/mol. The summed E-state index contributed by atoms with van der Waals surface area (Å²) >= 11 is 0. The molecule has 0 aliphatic heterocycles. The van der Waals surface area contributed by atoms with Crippen LogP contribution < -0.4 is 10.6 Å². The van der Waals surface area contributed by atoms with Gasteiger partial charge in [0.25, 0.3) is 5.91 Å². The molecule has 0 bridgehead atoms. The van der Waals surface area contributed by atoms with E-state index in [1.165, 1.54) is 11.1 Å². The second-order valence-corrected chi connectivity index (χ2v) is 6.41. The van der Waals surface area contributed by atoms with Gasteiger partial charge in [-0.2, -0.15) is 0 Å². The quantitative estimate of drug-likeness (QED) is 0.632. The molecule has 2 aromatic carbocycles. The molecule has 1 amide bonds. The van der Waals surface area contributed by atoms with Crippen molar-refractivity contribution < 1.29 is 4.79 Å². The first-order valence-corrected chi connectivity index (χ1v) is 9.36. The summed E-state index contributed by atoms with van der Waals surface area (Å²) < 4.78 is 0. The Kier molecular flexibility index (Phi) is 6.21. The molecule has 0 aliphatic rings. The number of para-hydroxylation sites is 1. The summed E-state index contributed by atoms with van der Waals surface area (Å²) in [6, 6.07) is 18.1. The van der Waals surface area contributed by atoms with Crippen molar-refractivity contribution in [1.82, 2.24) is 10.3 Å². The number of hydrogen-bond acceptors (Lipinski definition) is 3. The number of aromatic nitrogens is 1. The largest absolute Gasteiger partial charge is 0.354 e. The third-order valence-corrected chi connectivity index (χ3v) is 4.56. The van der Waals surface area contributed by atoms with Gasteiger partial charge < -0.3 is 10.6 Å². The molecule has 0 fully saturated rings. The number of pyridine rings is 1. The number of aryl methyl sites for hydroxylation is 2. The molecule has 2 N–H and O–H groups in total. The lowest BCUT2D eigenvalue weighted by Gasteiger charge is -2.15. The molecule has 138 valence electrons. The van der Waals surface area contributed by atoms with E-state index < -0.39 is 0 Å². The lowest BCUT2D eigenvalue weighted by Crippen LogP contribution is -2.23. The Morgan fingerprint density at radius 3 is 2.30 bits per heavy atom. The summed E-state index contributed by atoms with van der Waals surface area (Å²) in [6.45, 7) is 4.79. The first kappa shape index (κ1) is 18.6. The number of nitrogens with one attached hydrogen (secondary N) is 2. The summed E-state index contributed by atoms with van der Waals surface area (Å²) in [7, 11) is 0. The SMILES string of the molecule is CCc1cccc(CC)c1Nc1cncc(C(=O)NCc2ccccc2)c1. The lowest BCUT2D eigenvalue weighted by molar-refractivity contribution is 0.0950. The summed E-state index contributed by atoms with van der Waals surface area (Å²) in [5.74, 6) is -0.130. The number of anilines is 2. The number of carbonyl (C=O) groups is 1. The van der Waals surface area contributed by atoms with E-state index in [9.17, 15) is 4.79 Å².